The molecule has 2 unspecified atom stereocenters. The zero-order valence-corrected chi connectivity index (χ0v) is 19.9. The summed E-state index contributed by atoms with van der Waals surface area (Å²) in [5, 5.41) is 10.5. The van der Waals surface area contributed by atoms with Crippen LogP contribution in [0.3, 0.4) is 0 Å². The van der Waals surface area contributed by atoms with Gasteiger partial charge in [-0.2, -0.15) is 0 Å². The highest BCUT2D eigenvalue weighted by Crippen LogP contribution is 2.31. The maximum absolute atomic E-state index is 10.5. The maximum Gasteiger partial charge on any atom is 0.187 e. The Bertz CT molecular complexity index is 621. The van der Waals surface area contributed by atoms with Crippen molar-refractivity contribution in [3.8, 4) is 0 Å². The fraction of sp³-hybridized carbons (Fsp3) is 0.615. The number of benzene rings is 1. The fourth-order valence-electron chi connectivity index (χ4n) is 4.10. The smallest absolute Gasteiger partial charge is 0.187 e. The van der Waals surface area contributed by atoms with Crippen LogP contribution in [0.15, 0.2) is 54.1 Å². The number of rotatable bonds is 14. The van der Waals surface area contributed by atoms with Crippen molar-refractivity contribution >= 4 is 8.32 Å². The third kappa shape index (κ3) is 9.46. The van der Waals surface area contributed by atoms with Gasteiger partial charge in [-0.15, -0.1) is 0 Å². The molecule has 3 heteroatoms. The summed E-state index contributed by atoms with van der Waals surface area (Å²) >= 11 is 0. The highest BCUT2D eigenvalue weighted by molar-refractivity contribution is 6.71. The van der Waals surface area contributed by atoms with E-state index in [0.29, 0.717) is 0 Å². The molecular weight excluding hydrogens is 372 g/mol. The van der Waals surface area contributed by atoms with Gasteiger partial charge in [-0.3, -0.25) is 0 Å². The highest BCUT2D eigenvalue weighted by Gasteiger charge is 2.27. The van der Waals surface area contributed by atoms with Crippen LogP contribution >= 0.6 is 0 Å². The Morgan fingerprint density at radius 2 is 1.72 bits per heavy atom. The number of aliphatic hydroxyl groups excluding tert-OH is 1. The molecule has 2 atom stereocenters. The Kier molecular flexibility index (Phi) is 11.0. The minimum atomic E-state index is -1.70. The molecule has 0 radical (unpaired) electrons. The molecule has 1 aromatic carbocycles. The van der Waals surface area contributed by atoms with E-state index in [2.05, 4.69) is 68.6 Å². The van der Waals surface area contributed by atoms with Crippen LogP contribution in [-0.4, -0.2) is 19.5 Å². The van der Waals surface area contributed by atoms with Crippen LogP contribution in [0, 0.1) is 0 Å². The molecule has 2 nitrogen and oxygen atoms in total. The van der Waals surface area contributed by atoms with Gasteiger partial charge >= 0.3 is 0 Å². The highest BCUT2D eigenvalue weighted by atomic mass is 28.4. The second-order valence-electron chi connectivity index (χ2n) is 9.07. The van der Waals surface area contributed by atoms with E-state index in [0.717, 1.165) is 37.7 Å². The molecule has 0 amide bonds. The molecule has 1 aliphatic rings. The molecule has 0 aliphatic heterocycles. The van der Waals surface area contributed by atoms with E-state index in [9.17, 15) is 5.11 Å². The Morgan fingerprint density at radius 3 is 2.41 bits per heavy atom. The van der Waals surface area contributed by atoms with Gasteiger partial charge < -0.3 is 9.53 Å². The van der Waals surface area contributed by atoms with E-state index < -0.39 is 8.32 Å². The summed E-state index contributed by atoms with van der Waals surface area (Å²) in [5.74, 6) is 0. The van der Waals surface area contributed by atoms with E-state index in [-0.39, 0.29) is 12.2 Å². The predicted octanol–water partition coefficient (Wildman–Crippen LogP) is 7.73. The van der Waals surface area contributed by atoms with E-state index in [1.54, 1.807) is 0 Å². The van der Waals surface area contributed by atoms with Gasteiger partial charge in [0.15, 0.2) is 8.32 Å². The second kappa shape index (κ2) is 13.2. The van der Waals surface area contributed by atoms with Gasteiger partial charge in [0, 0.05) is 0 Å². The average molecular weight is 415 g/mol. The number of unbranched alkanes of at least 4 members (excludes halogenated alkanes) is 4. The van der Waals surface area contributed by atoms with Crippen LogP contribution in [0.4, 0.5) is 0 Å². The summed E-state index contributed by atoms with van der Waals surface area (Å²) in [7, 11) is -1.70. The van der Waals surface area contributed by atoms with Gasteiger partial charge in [-0.05, 0) is 62.4 Å². The summed E-state index contributed by atoms with van der Waals surface area (Å²) in [6, 6.07) is 11.9. The molecule has 0 bridgehead atoms. The monoisotopic (exact) mass is 414 g/mol. The number of hydrogen-bond acceptors (Lipinski definition) is 2. The zero-order valence-electron chi connectivity index (χ0n) is 18.9. The molecule has 2 rings (SSSR count). The fourth-order valence-corrected chi connectivity index (χ4v) is 6.35. The van der Waals surface area contributed by atoms with E-state index in [1.807, 2.05) is 0 Å². The molecule has 0 saturated heterocycles. The largest absolute Gasteiger partial charge is 0.410 e. The molecule has 1 aliphatic carbocycles. The molecule has 29 heavy (non-hydrogen) atoms. The van der Waals surface area contributed by atoms with Gasteiger partial charge in [-0.25, -0.2) is 0 Å². The quantitative estimate of drug-likeness (QED) is 0.249. The summed E-state index contributed by atoms with van der Waals surface area (Å²) in [4.78, 5) is 0. The van der Waals surface area contributed by atoms with Crippen molar-refractivity contribution in [2.45, 2.75) is 102 Å². The maximum atomic E-state index is 10.5. The van der Waals surface area contributed by atoms with E-state index >= 15 is 0 Å². The standard InChI is InChI=1S/C26H42O2Si/c1-4-5-6-7-14-22-29(2,3)28-26(24-18-12-9-13-19-24)21-15-20-25(27)23-16-10-8-11-17-23/h9-10,12-13,16-19,25-27H,4-8,11,14-15,20-22H2,1-3H3. The first kappa shape index (κ1) is 24.1. The van der Waals surface area contributed by atoms with Crippen molar-refractivity contribution in [3.05, 3.63) is 59.7 Å². The molecular formula is C26H42O2Si. The first-order valence-electron chi connectivity index (χ1n) is 11.8. The number of aliphatic hydroxyl groups is 1. The lowest BCUT2D eigenvalue weighted by Gasteiger charge is -2.30. The van der Waals surface area contributed by atoms with Crippen molar-refractivity contribution in [1.29, 1.82) is 0 Å². The Labute approximate surface area is 180 Å². The van der Waals surface area contributed by atoms with Crippen molar-refractivity contribution in [2.24, 2.45) is 0 Å². The lowest BCUT2D eigenvalue weighted by Crippen LogP contribution is -2.32. The third-order valence-electron chi connectivity index (χ3n) is 5.87. The average Bonchev–Trinajstić information content (AvgIpc) is 2.74. The van der Waals surface area contributed by atoms with Crippen molar-refractivity contribution in [2.75, 3.05) is 0 Å². The minimum absolute atomic E-state index is 0.150. The minimum Gasteiger partial charge on any atom is -0.410 e. The van der Waals surface area contributed by atoms with Gasteiger partial charge in [0.1, 0.15) is 0 Å². The molecule has 0 fully saturated rings. The molecule has 162 valence electrons. The first-order chi connectivity index (χ1) is 14.0. The number of hydrogen-bond donors (Lipinski definition) is 1. The van der Waals surface area contributed by atoms with Gasteiger partial charge in [-0.1, -0.05) is 87.6 Å². The van der Waals surface area contributed by atoms with Crippen LogP contribution in [0.1, 0.15) is 82.8 Å². The van der Waals surface area contributed by atoms with E-state index in [1.165, 1.54) is 43.7 Å². The van der Waals surface area contributed by atoms with Crippen molar-refractivity contribution in [1.82, 2.24) is 0 Å². The summed E-state index contributed by atoms with van der Waals surface area (Å²) in [6.45, 7) is 7.01. The van der Waals surface area contributed by atoms with Crippen LogP contribution in [0.5, 0.6) is 0 Å². The topological polar surface area (TPSA) is 29.5 Å². The van der Waals surface area contributed by atoms with Crippen LogP contribution < -0.4 is 0 Å². The first-order valence-corrected chi connectivity index (χ1v) is 14.9. The molecule has 1 N–H and O–H groups in total. The Balaban J connectivity index is 1.88. The molecule has 0 aromatic heterocycles. The summed E-state index contributed by atoms with van der Waals surface area (Å²) in [6.07, 6.45) is 17.8. The molecule has 0 spiro atoms. The Hall–Kier alpha value is -1.16. The van der Waals surface area contributed by atoms with Gasteiger partial charge in [0.2, 0.25) is 0 Å². The molecule has 1 aromatic rings. The normalized spacial score (nSPS) is 16.5. The second-order valence-corrected chi connectivity index (χ2v) is 13.3. The summed E-state index contributed by atoms with van der Waals surface area (Å²) < 4.78 is 6.79. The molecule has 0 heterocycles. The number of allylic oxidation sites excluding steroid dienone is 2. The van der Waals surface area contributed by atoms with Crippen LogP contribution in [0.2, 0.25) is 19.1 Å². The van der Waals surface area contributed by atoms with Gasteiger partial charge in [0.25, 0.3) is 0 Å². The third-order valence-corrected chi connectivity index (χ3v) is 8.35. The lowest BCUT2D eigenvalue weighted by molar-refractivity contribution is 0.160. The SMILES string of the molecule is CCCCCCC[Si](C)(C)OC(CCCC(O)C1=CCCC=C1)c1ccccc1. The zero-order chi connectivity index (χ0) is 21.0. The van der Waals surface area contributed by atoms with Gasteiger partial charge in [0.05, 0.1) is 12.2 Å². The molecule has 0 saturated carbocycles. The predicted molar refractivity (Wildman–Crippen MR) is 128 cm³/mol. The van der Waals surface area contributed by atoms with Crippen LogP contribution in [0.25, 0.3) is 0 Å². The lowest BCUT2D eigenvalue weighted by atomic mass is 9.96. The van der Waals surface area contributed by atoms with Crippen molar-refractivity contribution in [3.63, 3.8) is 0 Å². The van der Waals surface area contributed by atoms with E-state index in [4.69, 9.17) is 4.43 Å². The van der Waals surface area contributed by atoms with Crippen LogP contribution in [-0.2, 0) is 4.43 Å². The Morgan fingerprint density at radius 1 is 0.966 bits per heavy atom. The van der Waals surface area contributed by atoms with Crippen molar-refractivity contribution < 1.29 is 9.53 Å². The summed E-state index contributed by atoms with van der Waals surface area (Å²) in [5.41, 5.74) is 2.38.